The molecule has 0 spiro atoms. The third-order valence-electron chi connectivity index (χ3n) is 4.90. The molecule has 25 heavy (non-hydrogen) atoms. The van der Waals surface area contributed by atoms with Gasteiger partial charge in [-0.3, -0.25) is 4.79 Å². The second-order valence-corrected chi connectivity index (χ2v) is 7.50. The van der Waals surface area contributed by atoms with Gasteiger partial charge in [-0.15, -0.1) is 0 Å². The van der Waals surface area contributed by atoms with E-state index in [0.717, 1.165) is 43.5 Å². The minimum atomic E-state index is -0.0376. The first kappa shape index (κ1) is 19.6. The Bertz CT molecular complexity index is 530. The minimum Gasteiger partial charge on any atom is -0.497 e. The van der Waals surface area contributed by atoms with E-state index in [4.69, 9.17) is 10.5 Å². The van der Waals surface area contributed by atoms with Gasteiger partial charge in [-0.1, -0.05) is 26.7 Å². The molecular formula is C20H33N3O2. The number of benzene rings is 1. The van der Waals surface area contributed by atoms with Crippen LogP contribution in [0.2, 0.25) is 0 Å². The van der Waals surface area contributed by atoms with Gasteiger partial charge in [0.2, 0.25) is 5.91 Å². The molecule has 4 N–H and O–H groups in total. The summed E-state index contributed by atoms with van der Waals surface area (Å²) in [5, 5.41) is 6.65. The van der Waals surface area contributed by atoms with Crippen molar-refractivity contribution >= 4 is 11.6 Å². The summed E-state index contributed by atoms with van der Waals surface area (Å²) < 4.78 is 5.18. The van der Waals surface area contributed by atoms with Gasteiger partial charge in [-0.05, 0) is 49.4 Å². The summed E-state index contributed by atoms with van der Waals surface area (Å²) in [4.78, 5) is 12.7. The molecule has 1 aromatic rings. The van der Waals surface area contributed by atoms with Crippen molar-refractivity contribution < 1.29 is 9.53 Å². The van der Waals surface area contributed by atoms with Gasteiger partial charge in [0.05, 0.1) is 13.0 Å². The van der Waals surface area contributed by atoms with Crippen molar-refractivity contribution in [1.29, 1.82) is 0 Å². The standard InChI is InChI=1S/C20H33N3O2/c1-14(2)12-16(13-22-15-8-10-17(25-3)11-9-15)23-20(24)18-6-4-5-7-19(18)21/h8-11,14,16,18-19,22H,4-7,12-13,21H2,1-3H3,(H,23,24)/t16?,18-,19+/m1/s1. The number of rotatable bonds is 8. The molecule has 1 aliphatic rings. The summed E-state index contributed by atoms with van der Waals surface area (Å²) in [6, 6.07) is 7.94. The Labute approximate surface area is 151 Å². The van der Waals surface area contributed by atoms with Gasteiger partial charge in [-0.25, -0.2) is 0 Å². The Hall–Kier alpha value is -1.75. The molecule has 0 heterocycles. The first-order chi connectivity index (χ1) is 12.0. The summed E-state index contributed by atoms with van der Waals surface area (Å²) >= 11 is 0. The molecule has 5 heteroatoms. The number of hydrogen-bond donors (Lipinski definition) is 3. The Kier molecular flexibility index (Phi) is 7.56. The van der Waals surface area contributed by atoms with Crippen LogP contribution in [0.3, 0.4) is 0 Å². The predicted molar refractivity (Wildman–Crippen MR) is 103 cm³/mol. The largest absolute Gasteiger partial charge is 0.497 e. The van der Waals surface area contributed by atoms with E-state index in [1.807, 2.05) is 24.3 Å². The maximum atomic E-state index is 12.7. The Morgan fingerprint density at radius 3 is 2.52 bits per heavy atom. The average Bonchev–Trinajstić information content (AvgIpc) is 2.60. The summed E-state index contributed by atoms with van der Waals surface area (Å²) in [5.41, 5.74) is 7.19. The topological polar surface area (TPSA) is 76.4 Å². The van der Waals surface area contributed by atoms with Gasteiger partial charge < -0.3 is 21.1 Å². The zero-order valence-corrected chi connectivity index (χ0v) is 15.8. The Morgan fingerprint density at radius 1 is 1.24 bits per heavy atom. The number of anilines is 1. The third kappa shape index (κ3) is 6.24. The molecule has 0 bridgehead atoms. The number of nitrogens with one attached hydrogen (secondary N) is 2. The van der Waals surface area contributed by atoms with Crippen molar-refractivity contribution in [1.82, 2.24) is 5.32 Å². The number of carbonyl (C=O) groups excluding carboxylic acids is 1. The number of ether oxygens (including phenoxy) is 1. The molecule has 5 nitrogen and oxygen atoms in total. The maximum absolute atomic E-state index is 12.7. The normalized spacial score (nSPS) is 21.6. The van der Waals surface area contributed by atoms with Gasteiger partial charge in [0, 0.05) is 24.3 Å². The molecule has 0 aliphatic heterocycles. The van der Waals surface area contributed by atoms with Crippen LogP contribution >= 0.6 is 0 Å². The van der Waals surface area contributed by atoms with Gasteiger partial charge in [0.25, 0.3) is 0 Å². The van der Waals surface area contributed by atoms with Gasteiger partial charge in [0.15, 0.2) is 0 Å². The van der Waals surface area contributed by atoms with E-state index in [1.54, 1.807) is 7.11 Å². The van der Waals surface area contributed by atoms with Crippen LogP contribution in [-0.4, -0.2) is 31.6 Å². The van der Waals surface area contributed by atoms with E-state index >= 15 is 0 Å². The van der Waals surface area contributed by atoms with Crippen molar-refractivity contribution in [3.8, 4) is 5.75 Å². The molecule has 1 amide bonds. The summed E-state index contributed by atoms with van der Waals surface area (Å²) in [6.07, 6.45) is 5.05. The number of nitrogens with two attached hydrogens (primary N) is 1. The molecule has 3 atom stereocenters. The highest BCUT2D eigenvalue weighted by molar-refractivity contribution is 5.79. The van der Waals surface area contributed by atoms with Crippen LogP contribution < -0.4 is 21.1 Å². The van der Waals surface area contributed by atoms with Crippen LogP contribution in [-0.2, 0) is 4.79 Å². The van der Waals surface area contributed by atoms with Crippen LogP contribution in [0.4, 0.5) is 5.69 Å². The fourth-order valence-electron chi connectivity index (χ4n) is 3.51. The van der Waals surface area contributed by atoms with Gasteiger partial charge in [-0.2, -0.15) is 0 Å². The van der Waals surface area contributed by atoms with Crippen LogP contribution in [0.5, 0.6) is 5.75 Å². The Morgan fingerprint density at radius 2 is 1.92 bits per heavy atom. The van der Waals surface area contributed by atoms with E-state index in [1.165, 1.54) is 0 Å². The molecule has 1 aliphatic carbocycles. The second-order valence-electron chi connectivity index (χ2n) is 7.50. The average molecular weight is 348 g/mol. The number of hydrogen-bond acceptors (Lipinski definition) is 4. The minimum absolute atomic E-state index is 0.00278. The second kappa shape index (κ2) is 9.66. The van der Waals surface area contributed by atoms with Crippen LogP contribution in [0, 0.1) is 11.8 Å². The summed E-state index contributed by atoms with van der Waals surface area (Å²) in [7, 11) is 1.66. The smallest absolute Gasteiger partial charge is 0.224 e. The van der Waals surface area contributed by atoms with Crippen molar-refractivity contribution in [2.24, 2.45) is 17.6 Å². The molecule has 1 aromatic carbocycles. The molecule has 0 aromatic heterocycles. The van der Waals surface area contributed by atoms with Gasteiger partial charge >= 0.3 is 0 Å². The lowest BCUT2D eigenvalue weighted by Gasteiger charge is -2.30. The van der Waals surface area contributed by atoms with Crippen LogP contribution in [0.1, 0.15) is 46.0 Å². The van der Waals surface area contributed by atoms with Crippen LogP contribution in [0.15, 0.2) is 24.3 Å². The third-order valence-corrected chi connectivity index (χ3v) is 4.90. The van der Waals surface area contributed by atoms with E-state index in [9.17, 15) is 4.79 Å². The molecule has 1 fully saturated rings. The monoisotopic (exact) mass is 347 g/mol. The van der Waals surface area contributed by atoms with Crippen molar-refractivity contribution in [2.75, 3.05) is 19.0 Å². The highest BCUT2D eigenvalue weighted by Crippen LogP contribution is 2.23. The molecule has 0 radical (unpaired) electrons. The fraction of sp³-hybridized carbons (Fsp3) is 0.650. The van der Waals surface area contributed by atoms with E-state index in [-0.39, 0.29) is 23.9 Å². The molecule has 140 valence electrons. The SMILES string of the molecule is COc1ccc(NCC(CC(C)C)NC(=O)[C@@H]2CCCC[C@@H]2N)cc1. The van der Waals surface area contributed by atoms with Crippen molar-refractivity contribution in [2.45, 2.75) is 58.0 Å². The number of carbonyl (C=O) groups is 1. The molecule has 0 saturated heterocycles. The zero-order chi connectivity index (χ0) is 18.2. The van der Waals surface area contributed by atoms with Gasteiger partial charge in [0.1, 0.15) is 5.75 Å². The van der Waals surface area contributed by atoms with Crippen LogP contribution in [0.25, 0.3) is 0 Å². The Balaban J connectivity index is 1.91. The number of methoxy groups -OCH3 is 1. The van der Waals surface area contributed by atoms with Crippen molar-refractivity contribution in [3.05, 3.63) is 24.3 Å². The fourth-order valence-corrected chi connectivity index (χ4v) is 3.51. The predicted octanol–water partition coefficient (Wildman–Crippen LogP) is 3.16. The molecule has 1 unspecified atom stereocenters. The zero-order valence-electron chi connectivity index (χ0n) is 15.8. The quantitative estimate of drug-likeness (QED) is 0.675. The lowest BCUT2D eigenvalue weighted by molar-refractivity contribution is -0.127. The lowest BCUT2D eigenvalue weighted by atomic mass is 9.84. The van der Waals surface area contributed by atoms with E-state index < -0.39 is 0 Å². The molecule has 1 saturated carbocycles. The van der Waals surface area contributed by atoms with Crippen molar-refractivity contribution in [3.63, 3.8) is 0 Å². The first-order valence-electron chi connectivity index (χ1n) is 9.43. The van der Waals surface area contributed by atoms with E-state index in [0.29, 0.717) is 12.5 Å². The number of amides is 1. The molecular weight excluding hydrogens is 314 g/mol. The first-order valence-corrected chi connectivity index (χ1v) is 9.43. The molecule has 2 rings (SSSR count). The summed E-state index contributed by atoms with van der Waals surface area (Å²) in [5.74, 6) is 1.44. The highest BCUT2D eigenvalue weighted by Gasteiger charge is 2.29. The summed E-state index contributed by atoms with van der Waals surface area (Å²) in [6.45, 7) is 5.07. The lowest BCUT2D eigenvalue weighted by Crippen LogP contribution is -2.49. The van der Waals surface area contributed by atoms with E-state index in [2.05, 4.69) is 24.5 Å². The maximum Gasteiger partial charge on any atom is 0.224 e. The highest BCUT2D eigenvalue weighted by atomic mass is 16.5.